The zero-order valence-electron chi connectivity index (χ0n) is 29.7. The lowest BCUT2D eigenvalue weighted by Crippen LogP contribution is -2.25. The molecule has 4 rings (SSSR count). The number of aliphatic hydroxyl groups is 1. The molecule has 0 radical (unpaired) electrons. The zero-order chi connectivity index (χ0) is 37.2. The van der Waals surface area contributed by atoms with Gasteiger partial charge in [0.15, 0.2) is 5.82 Å². The Kier molecular flexibility index (Phi) is 13.5. The molecule has 4 aromatic rings. The minimum Gasteiger partial charge on any atom is -0.475 e. The third-order valence-electron chi connectivity index (χ3n) is 6.28. The molecule has 0 aliphatic heterocycles. The molecule has 0 spiro atoms. The molecule has 0 amide bonds. The van der Waals surface area contributed by atoms with Crippen LogP contribution in [-0.2, 0) is 38.3 Å². The molecule has 0 saturated heterocycles. The molecule has 0 atom stereocenters. The summed E-state index contributed by atoms with van der Waals surface area (Å²) in [6.45, 7) is 14.0. The third-order valence-corrected chi connectivity index (χ3v) is 6.28. The lowest BCUT2D eigenvalue weighted by atomic mass is 10.1. The van der Waals surface area contributed by atoms with Crippen LogP contribution in [0.4, 0.5) is 19.3 Å². The van der Waals surface area contributed by atoms with Gasteiger partial charge in [-0.05, 0) is 71.4 Å². The van der Waals surface area contributed by atoms with E-state index in [0.717, 1.165) is 0 Å². The standard InChI is InChI=1S/C23H31FN2O6.C12H14FN3O2/c1-8-17-25-19-15(11-14(12-16(19)24)13-18(27)31-22(2,3)4)20(26-17)29-9-10-30-21(28)32-23(5,6)7;1-2-10-15-11-8(5-7(14)6-9(11)13)12(16-10)18-4-3-17/h11-12H,8-10,13H2,1-7H3;5-6,17H,2-4,14H2,1H3. The van der Waals surface area contributed by atoms with Gasteiger partial charge in [-0.25, -0.2) is 23.5 Å². The van der Waals surface area contributed by atoms with Gasteiger partial charge in [0.2, 0.25) is 11.8 Å². The molecule has 2 heterocycles. The van der Waals surface area contributed by atoms with E-state index in [0.29, 0.717) is 40.8 Å². The highest BCUT2D eigenvalue weighted by molar-refractivity contribution is 5.87. The lowest BCUT2D eigenvalue weighted by Gasteiger charge is -2.19. The van der Waals surface area contributed by atoms with E-state index in [4.69, 9.17) is 34.5 Å². The fourth-order valence-corrected chi connectivity index (χ4v) is 4.36. The number of anilines is 1. The number of carbonyl (C=O) groups excluding carboxylic acids is 2. The Labute approximate surface area is 289 Å². The van der Waals surface area contributed by atoms with Crippen molar-refractivity contribution >= 4 is 39.6 Å². The maximum Gasteiger partial charge on any atom is 0.508 e. The smallest absolute Gasteiger partial charge is 0.475 e. The maximum absolute atomic E-state index is 14.8. The number of esters is 1. The number of halogens is 2. The average molecular weight is 702 g/mol. The fourth-order valence-electron chi connectivity index (χ4n) is 4.36. The van der Waals surface area contributed by atoms with Gasteiger partial charge in [0, 0.05) is 18.5 Å². The molecule has 2 aromatic carbocycles. The van der Waals surface area contributed by atoms with Gasteiger partial charge in [0.05, 0.1) is 23.8 Å². The monoisotopic (exact) mass is 701 g/mol. The minimum absolute atomic E-state index is 0.0214. The summed E-state index contributed by atoms with van der Waals surface area (Å²) in [5.41, 5.74) is 5.24. The summed E-state index contributed by atoms with van der Waals surface area (Å²) in [4.78, 5) is 40.7. The molecule has 0 aliphatic carbocycles. The first kappa shape index (κ1) is 39.5. The van der Waals surface area contributed by atoms with Crippen LogP contribution in [0.25, 0.3) is 21.8 Å². The fraction of sp³-hybridized carbons (Fsp3) is 0.486. The van der Waals surface area contributed by atoms with E-state index in [1.165, 1.54) is 12.1 Å². The van der Waals surface area contributed by atoms with Crippen LogP contribution in [0, 0.1) is 11.6 Å². The van der Waals surface area contributed by atoms with E-state index in [9.17, 15) is 18.4 Å². The maximum atomic E-state index is 14.8. The van der Waals surface area contributed by atoms with Gasteiger partial charge in [-0.15, -0.1) is 0 Å². The van der Waals surface area contributed by atoms with E-state index in [2.05, 4.69) is 19.9 Å². The van der Waals surface area contributed by atoms with E-state index in [1.807, 2.05) is 13.8 Å². The SMILES string of the molecule is CCc1nc(OCCO)c2cc(N)cc(F)c2n1.CCc1nc(OCCOC(=O)OC(C)(C)C)c2cc(CC(=O)OC(C)(C)C)cc(F)c2n1. The van der Waals surface area contributed by atoms with Crippen molar-refractivity contribution in [1.29, 1.82) is 0 Å². The van der Waals surface area contributed by atoms with Crippen molar-refractivity contribution < 1.29 is 47.2 Å². The number of nitrogens with zero attached hydrogens (tertiary/aromatic N) is 4. The van der Waals surface area contributed by atoms with E-state index in [-0.39, 0.29) is 61.3 Å². The Bertz CT molecular complexity index is 1810. The first-order chi connectivity index (χ1) is 23.4. The van der Waals surface area contributed by atoms with Crippen molar-refractivity contribution in [2.45, 2.75) is 85.9 Å². The Morgan fingerprint density at radius 1 is 0.740 bits per heavy atom. The molecule has 0 unspecified atom stereocenters. The van der Waals surface area contributed by atoms with Gasteiger partial charge in [-0.3, -0.25) is 4.79 Å². The molecule has 0 saturated carbocycles. The number of aromatic nitrogens is 4. The Hall–Kier alpha value is -4.92. The average Bonchev–Trinajstić information content (AvgIpc) is 3.00. The largest absolute Gasteiger partial charge is 0.508 e. The molecule has 0 bridgehead atoms. The summed E-state index contributed by atoms with van der Waals surface area (Å²) < 4.78 is 54.9. The second-order valence-electron chi connectivity index (χ2n) is 13.0. The molecular formula is C35H45F2N5O8. The second-order valence-corrected chi connectivity index (χ2v) is 13.0. The number of hydrogen-bond donors (Lipinski definition) is 2. The van der Waals surface area contributed by atoms with Gasteiger partial charge < -0.3 is 34.5 Å². The molecule has 50 heavy (non-hydrogen) atoms. The topological polar surface area (TPSA) is 178 Å². The number of benzene rings is 2. The number of aryl methyl sites for hydroxylation is 2. The number of nitrogens with two attached hydrogens (primary N) is 1. The summed E-state index contributed by atoms with van der Waals surface area (Å²) in [6.07, 6.45) is 0.115. The molecule has 0 fully saturated rings. The van der Waals surface area contributed by atoms with Crippen molar-refractivity contribution in [2.24, 2.45) is 0 Å². The van der Waals surface area contributed by atoms with Crippen LogP contribution in [0.2, 0.25) is 0 Å². The number of aliphatic hydroxyl groups excluding tert-OH is 1. The minimum atomic E-state index is -0.811. The third kappa shape index (κ3) is 11.9. The molecule has 13 nitrogen and oxygen atoms in total. The number of rotatable bonds is 11. The Morgan fingerprint density at radius 3 is 1.78 bits per heavy atom. The van der Waals surface area contributed by atoms with E-state index < -0.39 is 35.0 Å². The molecule has 272 valence electrons. The first-order valence-corrected chi connectivity index (χ1v) is 16.1. The van der Waals surface area contributed by atoms with Gasteiger partial charge in [0.25, 0.3) is 0 Å². The summed E-state index contributed by atoms with van der Waals surface area (Å²) in [6, 6.07) is 5.63. The van der Waals surface area contributed by atoms with Crippen LogP contribution >= 0.6 is 0 Å². The Balaban J connectivity index is 0.000000316. The molecule has 3 N–H and O–H groups in total. The highest BCUT2D eigenvalue weighted by Crippen LogP contribution is 2.29. The van der Waals surface area contributed by atoms with E-state index >= 15 is 0 Å². The van der Waals surface area contributed by atoms with Crippen molar-refractivity contribution in [3.63, 3.8) is 0 Å². The second kappa shape index (κ2) is 17.1. The number of fused-ring (bicyclic) bond motifs is 2. The molecule has 0 aliphatic rings. The van der Waals surface area contributed by atoms with Crippen molar-refractivity contribution in [3.8, 4) is 11.8 Å². The van der Waals surface area contributed by atoms with Crippen LogP contribution in [0.15, 0.2) is 24.3 Å². The lowest BCUT2D eigenvalue weighted by molar-refractivity contribution is -0.153. The van der Waals surface area contributed by atoms with E-state index in [1.54, 1.807) is 53.7 Å². The van der Waals surface area contributed by atoms with Gasteiger partial charge in [0.1, 0.15) is 59.5 Å². The van der Waals surface area contributed by atoms with Crippen LogP contribution in [0.5, 0.6) is 11.8 Å². The Morgan fingerprint density at radius 2 is 1.26 bits per heavy atom. The predicted molar refractivity (Wildman–Crippen MR) is 182 cm³/mol. The number of nitrogen functional groups attached to an aromatic ring is 1. The quantitative estimate of drug-likeness (QED) is 0.109. The van der Waals surface area contributed by atoms with Crippen LogP contribution in [-0.4, -0.2) is 74.8 Å². The van der Waals surface area contributed by atoms with Crippen LogP contribution in [0.1, 0.15) is 72.6 Å². The molecule has 2 aromatic heterocycles. The van der Waals surface area contributed by atoms with Gasteiger partial charge >= 0.3 is 12.1 Å². The van der Waals surface area contributed by atoms with Crippen molar-refractivity contribution in [1.82, 2.24) is 19.9 Å². The highest BCUT2D eigenvalue weighted by atomic mass is 19.1. The normalized spacial score (nSPS) is 11.5. The summed E-state index contributed by atoms with van der Waals surface area (Å²) in [7, 11) is 0. The van der Waals surface area contributed by atoms with Gasteiger partial charge in [-0.1, -0.05) is 13.8 Å². The van der Waals surface area contributed by atoms with Gasteiger partial charge in [-0.2, -0.15) is 9.97 Å². The van der Waals surface area contributed by atoms with Crippen molar-refractivity contribution in [3.05, 3.63) is 53.1 Å². The first-order valence-electron chi connectivity index (χ1n) is 16.1. The summed E-state index contributed by atoms with van der Waals surface area (Å²) in [5, 5.41) is 9.50. The van der Waals surface area contributed by atoms with Crippen molar-refractivity contribution in [2.75, 3.05) is 32.2 Å². The molecular weight excluding hydrogens is 656 g/mol. The highest BCUT2D eigenvalue weighted by Gasteiger charge is 2.20. The number of ether oxygens (including phenoxy) is 5. The summed E-state index contributed by atoms with van der Waals surface area (Å²) in [5.74, 6) is -0.292. The predicted octanol–water partition coefficient (Wildman–Crippen LogP) is 5.83. The summed E-state index contributed by atoms with van der Waals surface area (Å²) >= 11 is 0. The number of carbonyl (C=O) groups is 2. The van der Waals surface area contributed by atoms with Crippen LogP contribution < -0.4 is 15.2 Å². The van der Waals surface area contributed by atoms with Crippen LogP contribution in [0.3, 0.4) is 0 Å². The molecule has 15 heteroatoms. The zero-order valence-corrected chi connectivity index (χ0v) is 29.7. The number of hydrogen-bond acceptors (Lipinski definition) is 13.